The molecule has 1 unspecified atom stereocenters. The molecule has 0 saturated carbocycles. The van der Waals surface area contributed by atoms with E-state index in [4.69, 9.17) is 4.98 Å². The van der Waals surface area contributed by atoms with Crippen molar-refractivity contribution in [3.63, 3.8) is 0 Å². The maximum Gasteiger partial charge on any atom is 0.286 e. The van der Waals surface area contributed by atoms with E-state index in [2.05, 4.69) is 29.7 Å². The summed E-state index contributed by atoms with van der Waals surface area (Å²) in [5, 5.41) is 6.13. The van der Waals surface area contributed by atoms with Crippen LogP contribution in [0.3, 0.4) is 0 Å². The molecule has 1 saturated heterocycles. The van der Waals surface area contributed by atoms with E-state index in [9.17, 15) is 9.59 Å². The number of rotatable bonds is 4. The van der Waals surface area contributed by atoms with Gasteiger partial charge in [0.05, 0.1) is 10.8 Å². The number of anilines is 2. The average Bonchev–Trinajstić information content (AvgIpc) is 2.95. The largest absolute Gasteiger partial charge is 0.355 e. The van der Waals surface area contributed by atoms with Crippen LogP contribution >= 0.6 is 11.8 Å². The Labute approximate surface area is 161 Å². The zero-order chi connectivity index (χ0) is 19.0. The molecule has 2 aromatic carbocycles. The number of benzene rings is 2. The number of nitrogens with one attached hydrogen (secondary N) is 2. The van der Waals surface area contributed by atoms with E-state index in [1.54, 1.807) is 0 Å². The Bertz CT molecular complexity index is 1060. The summed E-state index contributed by atoms with van der Waals surface area (Å²) in [6.07, 6.45) is 0.500. The van der Waals surface area contributed by atoms with Gasteiger partial charge in [-0.1, -0.05) is 36.0 Å². The highest BCUT2D eigenvalue weighted by Gasteiger charge is 2.32. The Morgan fingerprint density at radius 1 is 1.11 bits per heavy atom. The fraction of sp³-hybridized carbons (Fsp3) is 0.190. The smallest absolute Gasteiger partial charge is 0.286 e. The van der Waals surface area contributed by atoms with E-state index in [0.29, 0.717) is 6.42 Å². The number of para-hydroxylation sites is 1. The lowest BCUT2D eigenvalue weighted by atomic mass is 10.0. The van der Waals surface area contributed by atoms with Crippen molar-refractivity contribution in [2.24, 2.45) is 0 Å². The number of carbonyl (C=O) groups excluding carboxylic acids is 2. The third kappa shape index (κ3) is 3.66. The first-order chi connectivity index (χ1) is 13.0. The minimum Gasteiger partial charge on any atom is -0.355 e. The number of hydrogen-bond acceptors (Lipinski definition) is 5. The Morgan fingerprint density at radius 2 is 1.93 bits per heavy atom. The standard InChI is InChI=1S/C21H19N3O2S/c1-12-5-3-4-6-17(12)23-16-8-7-14-9-15(13(2)22-18(14)11-16)10-19-20(25)24-21(26)27-19/h3-9,11,19,23H,10H2,1-2H3,(H,24,25,26). The van der Waals surface area contributed by atoms with Crippen LogP contribution in [0.2, 0.25) is 0 Å². The highest BCUT2D eigenvalue weighted by molar-refractivity contribution is 8.15. The van der Waals surface area contributed by atoms with Gasteiger partial charge in [-0.2, -0.15) is 0 Å². The van der Waals surface area contributed by atoms with Crippen molar-refractivity contribution in [2.45, 2.75) is 25.5 Å². The quantitative estimate of drug-likeness (QED) is 0.701. The summed E-state index contributed by atoms with van der Waals surface area (Å²) in [6, 6.07) is 16.3. The Morgan fingerprint density at radius 3 is 2.67 bits per heavy atom. The van der Waals surface area contributed by atoms with Crippen molar-refractivity contribution in [3.8, 4) is 0 Å². The van der Waals surface area contributed by atoms with Crippen LogP contribution in [0.25, 0.3) is 10.9 Å². The monoisotopic (exact) mass is 377 g/mol. The second-order valence-corrected chi connectivity index (χ2v) is 7.84. The number of imide groups is 1. The SMILES string of the molecule is Cc1ccccc1Nc1ccc2cc(CC3SC(=O)NC3=O)c(C)nc2c1. The first-order valence-electron chi connectivity index (χ1n) is 8.74. The van der Waals surface area contributed by atoms with Gasteiger partial charge in [0.25, 0.3) is 5.24 Å². The maximum absolute atomic E-state index is 11.8. The molecule has 1 atom stereocenters. The molecule has 2 N–H and O–H groups in total. The van der Waals surface area contributed by atoms with Gasteiger partial charge in [-0.05, 0) is 55.7 Å². The van der Waals surface area contributed by atoms with Crippen molar-refractivity contribution in [1.82, 2.24) is 10.3 Å². The van der Waals surface area contributed by atoms with Gasteiger partial charge < -0.3 is 5.32 Å². The van der Waals surface area contributed by atoms with E-state index in [0.717, 1.165) is 45.3 Å². The fourth-order valence-corrected chi connectivity index (χ4v) is 4.03. The van der Waals surface area contributed by atoms with Gasteiger partial charge in [-0.25, -0.2) is 0 Å². The van der Waals surface area contributed by atoms with Crippen LogP contribution in [-0.2, 0) is 11.2 Å². The van der Waals surface area contributed by atoms with Crippen LogP contribution in [0.1, 0.15) is 16.8 Å². The van der Waals surface area contributed by atoms with E-state index in [1.807, 2.05) is 43.3 Å². The summed E-state index contributed by atoms with van der Waals surface area (Å²) in [4.78, 5) is 27.9. The molecule has 0 radical (unpaired) electrons. The highest BCUT2D eigenvalue weighted by atomic mass is 32.2. The van der Waals surface area contributed by atoms with Gasteiger partial charge >= 0.3 is 0 Å². The molecule has 6 heteroatoms. The zero-order valence-electron chi connectivity index (χ0n) is 15.1. The molecule has 4 rings (SSSR count). The van der Waals surface area contributed by atoms with Crippen LogP contribution in [0.4, 0.5) is 16.2 Å². The molecule has 1 fully saturated rings. The predicted molar refractivity (Wildman–Crippen MR) is 110 cm³/mol. The summed E-state index contributed by atoms with van der Waals surface area (Å²) in [7, 11) is 0. The first-order valence-corrected chi connectivity index (χ1v) is 9.62. The van der Waals surface area contributed by atoms with Gasteiger partial charge in [0.1, 0.15) is 0 Å². The minimum atomic E-state index is -0.377. The number of amides is 2. The van der Waals surface area contributed by atoms with Gasteiger partial charge in [0.15, 0.2) is 0 Å². The minimum absolute atomic E-state index is 0.220. The average molecular weight is 377 g/mol. The molecule has 3 aromatic rings. The molecular formula is C21H19N3O2S. The highest BCUT2D eigenvalue weighted by Crippen LogP contribution is 2.28. The third-order valence-electron chi connectivity index (χ3n) is 4.71. The number of hydrogen-bond donors (Lipinski definition) is 2. The third-order valence-corrected chi connectivity index (χ3v) is 5.69. The van der Waals surface area contributed by atoms with E-state index in [1.165, 1.54) is 5.56 Å². The lowest BCUT2D eigenvalue weighted by Crippen LogP contribution is -2.25. The second kappa shape index (κ2) is 7.04. The summed E-state index contributed by atoms with van der Waals surface area (Å²) >= 11 is 1.05. The van der Waals surface area contributed by atoms with Crippen LogP contribution < -0.4 is 10.6 Å². The molecule has 5 nitrogen and oxygen atoms in total. The molecule has 0 aliphatic carbocycles. The van der Waals surface area contributed by atoms with Crippen molar-refractivity contribution in [1.29, 1.82) is 0 Å². The normalized spacial score (nSPS) is 16.6. The molecular weight excluding hydrogens is 358 g/mol. The number of thioether (sulfide) groups is 1. The second-order valence-electron chi connectivity index (χ2n) is 6.67. The van der Waals surface area contributed by atoms with Crippen LogP contribution in [-0.4, -0.2) is 21.4 Å². The van der Waals surface area contributed by atoms with Gasteiger partial charge in [-0.3, -0.25) is 19.9 Å². The molecule has 0 bridgehead atoms. The van der Waals surface area contributed by atoms with Gasteiger partial charge in [-0.15, -0.1) is 0 Å². The Hall–Kier alpha value is -2.86. The maximum atomic E-state index is 11.8. The molecule has 2 amide bonds. The molecule has 1 aliphatic rings. The summed E-state index contributed by atoms with van der Waals surface area (Å²) in [5.74, 6) is -0.220. The van der Waals surface area contributed by atoms with Crippen LogP contribution in [0, 0.1) is 13.8 Å². The topological polar surface area (TPSA) is 71.1 Å². The number of aryl methyl sites for hydroxylation is 2. The molecule has 1 aromatic heterocycles. The number of aromatic nitrogens is 1. The van der Waals surface area contributed by atoms with Crippen molar-refractivity contribution in [3.05, 3.63) is 65.4 Å². The molecule has 0 spiro atoms. The molecule has 27 heavy (non-hydrogen) atoms. The molecule has 2 heterocycles. The lowest BCUT2D eigenvalue weighted by Gasteiger charge is -2.12. The zero-order valence-corrected chi connectivity index (χ0v) is 15.9. The predicted octanol–water partition coefficient (Wildman–Crippen LogP) is 4.49. The van der Waals surface area contributed by atoms with E-state index >= 15 is 0 Å². The van der Waals surface area contributed by atoms with Crippen molar-refractivity contribution in [2.75, 3.05) is 5.32 Å². The van der Waals surface area contributed by atoms with Crippen molar-refractivity contribution < 1.29 is 9.59 Å². The summed E-state index contributed by atoms with van der Waals surface area (Å²) < 4.78 is 0. The fourth-order valence-electron chi connectivity index (χ4n) is 3.19. The lowest BCUT2D eigenvalue weighted by molar-refractivity contribution is -0.118. The molecule has 136 valence electrons. The molecule has 1 aliphatic heterocycles. The number of fused-ring (bicyclic) bond motifs is 1. The van der Waals surface area contributed by atoms with E-state index < -0.39 is 0 Å². The van der Waals surface area contributed by atoms with E-state index in [-0.39, 0.29) is 16.4 Å². The number of pyridine rings is 1. The van der Waals surface area contributed by atoms with Crippen LogP contribution in [0.15, 0.2) is 48.5 Å². The van der Waals surface area contributed by atoms with Crippen LogP contribution in [0.5, 0.6) is 0 Å². The summed E-state index contributed by atoms with van der Waals surface area (Å²) in [6.45, 7) is 4.01. The van der Waals surface area contributed by atoms with Gasteiger partial charge in [0, 0.05) is 22.5 Å². The number of nitrogens with zero attached hydrogens (tertiary/aromatic N) is 1. The first kappa shape index (κ1) is 17.5. The van der Waals surface area contributed by atoms with Crippen molar-refractivity contribution >= 4 is 45.2 Å². The number of carbonyl (C=O) groups is 2. The summed E-state index contributed by atoms with van der Waals surface area (Å²) in [5.41, 5.74) is 5.99. The Kier molecular flexibility index (Phi) is 4.58. The van der Waals surface area contributed by atoms with Gasteiger partial charge in [0.2, 0.25) is 5.91 Å². The Balaban J connectivity index is 1.61.